The Morgan fingerprint density at radius 3 is 2.52 bits per heavy atom. The lowest BCUT2D eigenvalue weighted by atomic mass is 10.2. The fourth-order valence-electron chi connectivity index (χ4n) is 3.23. The molecule has 0 saturated carbocycles. The molecule has 154 valence electrons. The van der Waals surface area contributed by atoms with Gasteiger partial charge in [0, 0.05) is 37.4 Å². The van der Waals surface area contributed by atoms with Crippen molar-refractivity contribution in [2.24, 2.45) is 0 Å². The highest BCUT2D eigenvalue weighted by atomic mass is 31.2. The first kappa shape index (κ1) is 22.2. The minimum absolute atomic E-state index is 0.214. The summed E-state index contributed by atoms with van der Waals surface area (Å²) < 4.78 is 21.1. The van der Waals surface area contributed by atoms with Crippen LogP contribution in [0.2, 0.25) is 0 Å². The molecule has 9 nitrogen and oxygen atoms in total. The Balaban J connectivity index is 2.22. The van der Waals surface area contributed by atoms with E-state index in [1.165, 1.54) is 10.8 Å². The molecule has 1 aromatic rings. The molecule has 27 heavy (non-hydrogen) atoms. The van der Waals surface area contributed by atoms with Crippen LogP contribution in [-0.4, -0.2) is 57.3 Å². The van der Waals surface area contributed by atoms with Crippen molar-refractivity contribution in [1.82, 2.24) is 14.2 Å². The van der Waals surface area contributed by atoms with Crippen molar-refractivity contribution >= 4 is 8.53 Å². The average molecular weight is 403 g/mol. The van der Waals surface area contributed by atoms with E-state index in [9.17, 15) is 14.7 Å². The van der Waals surface area contributed by atoms with Crippen LogP contribution in [0, 0.1) is 6.92 Å². The minimum Gasteiger partial charge on any atom is -0.394 e. The van der Waals surface area contributed by atoms with Crippen LogP contribution < -0.4 is 11.2 Å². The summed E-state index contributed by atoms with van der Waals surface area (Å²) in [4.78, 5) is 26.0. The highest BCUT2D eigenvalue weighted by Gasteiger charge is 2.40. The van der Waals surface area contributed by atoms with Gasteiger partial charge in [-0.15, -0.1) is 0 Å². The molecule has 1 aromatic heterocycles. The van der Waals surface area contributed by atoms with Crippen molar-refractivity contribution in [3.05, 3.63) is 32.6 Å². The zero-order valence-corrected chi connectivity index (χ0v) is 17.6. The molecule has 0 spiro atoms. The number of hydrogen-bond donors (Lipinski definition) is 2. The van der Waals surface area contributed by atoms with E-state index >= 15 is 0 Å². The van der Waals surface area contributed by atoms with Gasteiger partial charge in [0.05, 0.1) is 12.7 Å². The van der Waals surface area contributed by atoms with E-state index in [0.717, 1.165) is 0 Å². The second-order valence-electron chi connectivity index (χ2n) is 7.16. The first-order valence-electron chi connectivity index (χ1n) is 9.07. The van der Waals surface area contributed by atoms with Gasteiger partial charge in [0.2, 0.25) is 0 Å². The zero-order chi connectivity index (χ0) is 20.3. The van der Waals surface area contributed by atoms with Crippen LogP contribution in [0.1, 0.15) is 45.9 Å². The number of aromatic nitrogens is 2. The van der Waals surface area contributed by atoms with Gasteiger partial charge in [0.1, 0.15) is 12.3 Å². The first-order valence-corrected chi connectivity index (χ1v) is 10.2. The third-order valence-electron chi connectivity index (χ3n) is 4.45. The van der Waals surface area contributed by atoms with E-state index in [0.29, 0.717) is 12.0 Å². The predicted molar refractivity (Wildman–Crippen MR) is 103 cm³/mol. The van der Waals surface area contributed by atoms with Gasteiger partial charge in [0.15, 0.2) is 0 Å². The zero-order valence-electron chi connectivity index (χ0n) is 16.7. The Morgan fingerprint density at radius 2 is 2.00 bits per heavy atom. The monoisotopic (exact) mass is 403 g/mol. The number of ether oxygens (including phenoxy) is 1. The third-order valence-corrected chi connectivity index (χ3v) is 6.51. The Labute approximate surface area is 160 Å². The average Bonchev–Trinajstić information content (AvgIpc) is 2.99. The van der Waals surface area contributed by atoms with Crippen molar-refractivity contribution < 1.29 is 18.9 Å². The second kappa shape index (κ2) is 9.41. The van der Waals surface area contributed by atoms with E-state index in [-0.39, 0.29) is 18.7 Å². The Hall–Kier alpha value is -1.09. The van der Waals surface area contributed by atoms with Gasteiger partial charge in [-0.05, 0) is 34.6 Å². The van der Waals surface area contributed by atoms with Gasteiger partial charge in [0.25, 0.3) is 14.1 Å². The maximum atomic E-state index is 12.1. The van der Waals surface area contributed by atoms with E-state index in [2.05, 4.69) is 37.3 Å². The number of aliphatic hydroxyl groups is 1. The number of rotatable bonds is 8. The number of nitrogens with zero attached hydrogens (tertiary/aromatic N) is 2. The Morgan fingerprint density at radius 1 is 1.37 bits per heavy atom. The molecular weight excluding hydrogens is 373 g/mol. The summed E-state index contributed by atoms with van der Waals surface area (Å²) in [5.41, 5.74) is -0.561. The summed E-state index contributed by atoms with van der Waals surface area (Å²) >= 11 is 0. The number of aryl methyl sites for hydroxylation is 1. The topological polar surface area (TPSA) is 106 Å². The fraction of sp³-hybridized carbons (Fsp3) is 0.765. The van der Waals surface area contributed by atoms with Gasteiger partial charge < -0.3 is 18.9 Å². The van der Waals surface area contributed by atoms with Crippen molar-refractivity contribution in [3.8, 4) is 0 Å². The molecule has 0 bridgehead atoms. The van der Waals surface area contributed by atoms with Crippen LogP contribution in [0.3, 0.4) is 0 Å². The van der Waals surface area contributed by atoms with Crippen molar-refractivity contribution in [3.63, 3.8) is 0 Å². The molecule has 1 aliphatic heterocycles. The third kappa shape index (κ3) is 5.04. The maximum absolute atomic E-state index is 12.1. The number of hydrogen-bond acceptors (Lipinski definition) is 7. The maximum Gasteiger partial charge on any atom is 0.330 e. The smallest absolute Gasteiger partial charge is 0.330 e. The summed E-state index contributed by atoms with van der Waals surface area (Å²) in [6.45, 7) is 9.65. The highest BCUT2D eigenvalue weighted by molar-refractivity contribution is 7.44. The molecule has 0 aliphatic carbocycles. The molecule has 2 N–H and O–H groups in total. The van der Waals surface area contributed by atoms with Crippen LogP contribution >= 0.6 is 8.53 Å². The number of H-pyrrole nitrogens is 1. The van der Waals surface area contributed by atoms with E-state index in [4.69, 9.17) is 13.8 Å². The quantitative estimate of drug-likeness (QED) is 0.634. The van der Waals surface area contributed by atoms with Gasteiger partial charge in [-0.2, -0.15) is 0 Å². The standard InChI is InChI=1S/C17H30N3O6P/c1-10(2)20(11(3)4)27(24-6)26-13-7-15(25-14(13)9-21)19-8-12(5)16(22)18-17(19)23/h8,10-11,13-15,21H,7,9H2,1-6H3,(H,18,22,23)/t13-,14+,15+,27?/m0/s1. The summed E-state index contributed by atoms with van der Waals surface area (Å²) in [6.07, 6.45) is 0.176. The molecule has 1 aliphatic rings. The van der Waals surface area contributed by atoms with Crippen molar-refractivity contribution in [2.45, 2.75) is 71.6 Å². The lowest BCUT2D eigenvalue weighted by molar-refractivity contribution is -0.0436. The second-order valence-corrected chi connectivity index (χ2v) is 8.67. The van der Waals surface area contributed by atoms with E-state index < -0.39 is 38.2 Å². The molecule has 0 radical (unpaired) electrons. The largest absolute Gasteiger partial charge is 0.394 e. The van der Waals surface area contributed by atoms with Gasteiger partial charge in [-0.1, -0.05) is 0 Å². The van der Waals surface area contributed by atoms with Crippen LogP contribution in [-0.2, 0) is 13.8 Å². The van der Waals surface area contributed by atoms with Crippen LogP contribution in [0.5, 0.6) is 0 Å². The van der Waals surface area contributed by atoms with E-state index in [1.54, 1.807) is 14.0 Å². The first-order chi connectivity index (χ1) is 12.7. The van der Waals surface area contributed by atoms with Gasteiger partial charge in [-0.25, -0.2) is 9.46 Å². The molecule has 1 saturated heterocycles. The Kier molecular flexibility index (Phi) is 7.73. The summed E-state index contributed by atoms with van der Waals surface area (Å²) in [7, 11) is 0.244. The molecule has 0 amide bonds. The molecule has 1 fully saturated rings. The van der Waals surface area contributed by atoms with Gasteiger partial charge >= 0.3 is 5.69 Å². The Bertz CT molecular complexity index is 726. The highest BCUT2D eigenvalue weighted by Crippen LogP contribution is 2.49. The normalized spacial score (nSPS) is 24.3. The minimum atomic E-state index is -1.35. The van der Waals surface area contributed by atoms with Crippen LogP contribution in [0.4, 0.5) is 0 Å². The van der Waals surface area contributed by atoms with Crippen molar-refractivity contribution in [2.75, 3.05) is 13.7 Å². The lowest BCUT2D eigenvalue weighted by Gasteiger charge is -2.36. The lowest BCUT2D eigenvalue weighted by Crippen LogP contribution is -2.36. The fourth-order valence-corrected chi connectivity index (χ4v) is 4.82. The van der Waals surface area contributed by atoms with Gasteiger partial charge in [-0.3, -0.25) is 14.3 Å². The molecule has 0 aromatic carbocycles. The van der Waals surface area contributed by atoms with Crippen LogP contribution in [0.25, 0.3) is 0 Å². The SMILES string of the molecule is COP(O[C@H]1C[C@H](n2cc(C)c(=O)[nH]c2=O)O[C@@H]1CO)N(C(C)C)C(C)C. The molecule has 2 rings (SSSR count). The molecule has 10 heteroatoms. The molecule has 4 atom stereocenters. The molecule has 2 heterocycles. The molecule has 1 unspecified atom stereocenters. The summed E-state index contributed by atoms with van der Waals surface area (Å²) in [6, 6.07) is 0.428. The summed E-state index contributed by atoms with van der Waals surface area (Å²) in [5, 5.41) is 9.71. The number of aromatic amines is 1. The number of nitrogens with one attached hydrogen (secondary N) is 1. The van der Waals surface area contributed by atoms with Crippen LogP contribution in [0.15, 0.2) is 15.8 Å². The predicted octanol–water partition coefficient (Wildman–Crippen LogP) is 1.50. The van der Waals surface area contributed by atoms with Crippen molar-refractivity contribution in [1.29, 1.82) is 0 Å². The summed E-state index contributed by atoms with van der Waals surface area (Å²) in [5.74, 6) is 0. The van der Waals surface area contributed by atoms with E-state index in [1.807, 2.05) is 0 Å². The number of aliphatic hydroxyl groups excluding tert-OH is 1. The molecular formula is C17H30N3O6P.